The van der Waals surface area contributed by atoms with Crippen LogP contribution in [0.25, 0.3) is 22.4 Å². The molecule has 0 aliphatic carbocycles. The van der Waals surface area contributed by atoms with Crippen molar-refractivity contribution in [2.45, 2.75) is 24.7 Å². The van der Waals surface area contributed by atoms with Crippen molar-refractivity contribution in [1.82, 2.24) is 15.0 Å². The van der Waals surface area contributed by atoms with E-state index in [1.807, 2.05) is 0 Å². The van der Waals surface area contributed by atoms with Gasteiger partial charge in [0, 0.05) is 29.6 Å². The maximum Gasteiger partial charge on any atom is 0.429 e. The minimum absolute atomic E-state index is 0.113. The molecule has 4 aromatic rings. The smallest absolute Gasteiger partial charge is 0.429 e. The van der Waals surface area contributed by atoms with Crippen LogP contribution in [0.2, 0.25) is 0 Å². The first-order chi connectivity index (χ1) is 17.6. The Morgan fingerprint density at radius 2 is 1.65 bits per heavy atom. The number of aliphatic carboxylic acids is 1. The van der Waals surface area contributed by atoms with Gasteiger partial charge in [-0.3, -0.25) is 9.78 Å². The third-order valence-corrected chi connectivity index (χ3v) is 5.49. The largest absolute Gasteiger partial charge is 0.480 e. The van der Waals surface area contributed by atoms with E-state index in [2.05, 4.69) is 15.0 Å². The molecule has 4 rings (SSSR count). The summed E-state index contributed by atoms with van der Waals surface area (Å²) >= 11 is 0. The number of carboxylic acid groups (broad SMARTS) is 1. The van der Waals surface area contributed by atoms with Crippen LogP contribution in [0.15, 0.2) is 79.1 Å². The molecule has 8 nitrogen and oxygen atoms in total. The van der Waals surface area contributed by atoms with Crippen molar-refractivity contribution in [2.24, 2.45) is 5.73 Å². The topological polar surface area (TPSA) is 137 Å². The highest BCUT2D eigenvalue weighted by atomic mass is 19.4. The van der Waals surface area contributed by atoms with Crippen molar-refractivity contribution in [2.75, 3.05) is 5.73 Å². The average Bonchev–Trinajstić information content (AvgIpc) is 2.87. The Labute approximate surface area is 209 Å². The number of nitrogen functional groups attached to an aromatic ring is 1. The highest BCUT2D eigenvalue weighted by molar-refractivity contribution is 5.73. The Balaban J connectivity index is 1.58. The summed E-state index contributed by atoms with van der Waals surface area (Å²) in [6.45, 7) is 0. The number of rotatable bonds is 8. The number of benzene rings is 2. The molecule has 0 bridgehead atoms. The third kappa shape index (κ3) is 6.39. The van der Waals surface area contributed by atoms with Crippen LogP contribution < -0.4 is 16.2 Å². The lowest BCUT2D eigenvalue weighted by Gasteiger charge is -2.22. The lowest BCUT2D eigenvalue weighted by atomic mass is 10.0. The molecule has 2 heterocycles. The van der Waals surface area contributed by atoms with Gasteiger partial charge in [-0.15, -0.1) is 0 Å². The van der Waals surface area contributed by atoms with Crippen LogP contribution >= 0.6 is 0 Å². The predicted molar refractivity (Wildman–Crippen MR) is 130 cm³/mol. The van der Waals surface area contributed by atoms with E-state index in [1.165, 1.54) is 18.2 Å². The van der Waals surface area contributed by atoms with Gasteiger partial charge in [0.25, 0.3) is 0 Å². The zero-order chi connectivity index (χ0) is 26.6. The zero-order valence-electron chi connectivity index (χ0n) is 19.3. The molecule has 2 aromatic heterocycles. The Kier molecular flexibility index (Phi) is 7.35. The maximum absolute atomic E-state index is 14.0. The number of aromatic nitrogens is 3. The van der Waals surface area contributed by atoms with Gasteiger partial charge < -0.3 is 21.3 Å². The van der Waals surface area contributed by atoms with Crippen molar-refractivity contribution < 1.29 is 27.8 Å². The molecule has 2 atom stereocenters. The molecular weight excluding hydrogens is 487 g/mol. The number of carbonyl (C=O) groups is 1. The van der Waals surface area contributed by atoms with Gasteiger partial charge in [0.15, 0.2) is 0 Å². The Morgan fingerprint density at radius 1 is 0.973 bits per heavy atom. The molecule has 0 amide bonds. The van der Waals surface area contributed by atoms with Crippen LogP contribution in [0, 0.1) is 0 Å². The minimum Gasteiger partial charge on any atom is -0.480 e. The van der Waals surface area contributed by atoms with Gasteiger partial charge in [-0.2, -0.15) is 18.2 Å². The van der Waals surface area contributed by atoms with Crippen molar-refractivity contribution in [1.29, 1.82) is 0 Å². The zero-order valence-corrected chi connectivity index (χ0v) is 19.3. The predicted octanol–water partition coefficient (Wildman–Crippen LogP) is 4.42. The van der Waals surface area contributed by atoms with Crippen molar-refractivity contribution in [3.8, 4) is 28.3 Å². The summed E-state index contributed by atoms with van der Waals surface area (Å²) in [7, 11) is 0. The standard InChI is InChI=1S/C26H22F3N5O3/c27-26(28,29)23(18-9-7-16(8-10-18)19-2-1-11-32-14-19)37-22-13-21(33-25(31)34-22)17-5-3-15(4-6-17)12-20(30)24(35)36/h1-11,13-14,20,23H,12,30H2,(H,35,36)(H2,31,33,34)/t20-,23?/m0/s1. The number of hydrogen-bond donors (Lipinski definition) is 3. The molecule has 190 valence electrons. The van der Waals surface area contributed by atoms with Crippen LogP contribution in [-0.2, 0) is 11.2 Å². The van der Waals surface area contributed by atoms with E-state index in [0.717, 1.165) is 5.56 Å². The number of nitrogens with zero attached hydrogens (tertiary/aromatic N) is 3. The number of ether oxygens (including phenoxy) is 1. The third-order valence-electron chi connectivity index (χ3n) is 5.49. The van der Waals surface area contributed by atoms with Crippen LogP contribution in [0.3, 0.4) is 0 Å². The van der Waals surface area contributed by atoms with Gasteiger partial charge in [-0.25, -0.2) is 4.98 Å². The highest BCUT2D eigenvalue weighted by Crippen LogP contribution is 2.37. The fourth-order valence-electron chi connectivity index (χ4n) is 3.63. The lowest BCUT2D eigenvalue weighted by molar-refractivity contribution is -0.198. The summed E-state index contributed by atoms with van der Waals surface area (Å²) in [4.78, 5) is 22.9. The summed E-state index contributed by atoms with van der Waals surface area (Å²) in [6, 6.07) is 16.1. The number of halogens is 3. The maximum atomic E-state index is 14.0. The molecule has 0 aliphatic rings. The van der Waals surface area contributed by atoms with Crippen LogP contribution in [0.1, 0.15) is 17.2 Å². The van der Waals surface area contributed by atoms with Gasteiger partial charge >= 0.3 is 12.1 Å². The molecule has 0 saturated heterocycles. The summed E-state index contributed by atoms with van der Waals surface area (Å²) < 4.78 is 47.3. The normalized spacial score (nSPS) is 13.1. The van der Waals surface area contributed by atoms with Gasteiger partial charge in [-0.05, 0) is 29.2 Å². The Bertz CT molecular complexity index is 1370. The Hall–Kier alpha value is -4.51. The first-order valence-electron chi connectivity index (χ1n) is 11.1. The van der Waals surface area contributed by atoms with Gasteiger partial charge in [0.05, 0.1) is 5.69 Å². The second-order valence-electron chi connectivity index (χ2n) is 8.20. The monoisotopic (exact) mass is 509 g/mol. The average molecular weight is 509 g/mol. The highest BCUT2D eigenvalue weighted by Gasteiger charge is 2.43. The molecule has 0 aliphatic heterocycles. The first-order valence-corrected chi connectivity index (χ1v) is 11.1. The van der Waals surface area contributed by atoms with E-state index in [1.54, 1.807) is 60.9 Å². The number of nitrogens with two attached hydrogens (primary N) is 2. The van der Waals surface area contributed by atoms with Crippen LogP contribution in [-0.4, -0.2) is 38.2 Å². The van der Waals surface area contributed by atoms with E-state index in [-0.39, 0.29) is 29.5 Å². The first kappa shape index (κ1) is 25.6. The molecule has 37 heavy (non-hydrogen) atoms. The molecule has 0 radical (unpaired) electrons. The van der Waals surface area contributed by atoms with E-state index >= 15 is 0 Å². The molecule has 0 fully saturated rings. The van der Waals surface area contributed by atoms with E-state index in [4.69, 9.17) is 21.3 Å². The van der Waals surface area contributed by atoms with Gasteiger partial charge in [0.2, 0.25) is 17.9 Å². The summed E-state index contributed by atoms with van der Waals surface area (Å²) in [5.74, 6) is -1.74. The van der Waals surface area contributed by atoms with Crippen molar-refractivity contribution >= 4 is 11.9 Å². The van der Waals surface area contributed by atoms with Crippen LogP contribution in [0.4, 0.5) is 19.1 Å². The summed E-state index contributed by atoms with van der Waals surface area (Å²) in [5, 5.41) is 8.96. The number of anilines is 1. The van der Waals surface area contributed by atoms with E-state index < -0.39 is 24.3 Å². The Morgan fingerprint density at radius 3 is 2.24 bits per heavy atom. The van der Waals surface area contributed by atoms with Gasteiger partial charge in [-0.1, -0.05) is 54.6 Å². The second kappa shape index (κ2) is 10.6. The fourth-order valence-corrected chi connectivity index (χ4v) is 3.63. The molecular formula is C26H22F3N5O3. The molecule has 11 heteroatoms. The molecule has 5 N–H and O–H groups in total. The SMILES string of the molecule is Nc1nc(OC(c2ccc(-c3cccnc3)cc2)C(F)(F)F)cc(-c2ccc(C[C@H](N)C(=O)O)cc2)n1. The number of carboxylic acids is 1. The van der Waals surface area contributed by atoms with Crippen molar-refractivity contribution in [3.05, 3.63) is 90.3 Å². The fraction of sp³-hybridized carbons (Fsp3) is 0.154. The molecule has 2 aromatic carbocycles. The summed E-state index contributed by atoms with van der Waals surface area (Å²) in [5.41, 5.74) is 14.1. The number of alkyl halides is 3. The number of pyridine rings is 1. The van der Waals surface area contributed by atoms with E-state index in [0.29, 0.717) is 16.7 Å². The quantitative estimate of drug-likeness (QED) is 0.317. The lowest BCUT2D eigenvalue weighted by Crippen LogP contribution is -2.32. The molecule has 0 saturated carbocycles. The summed E-state index contributed by atoms with van der Waals surface area (Å²) in [6.07, 6.45) is -3.69. The molecule has 0 spiro atoms. The van der Waals surface area contributed by atoms with Crippen LogP contribution in [0.5, 0.6) is 5.88 Å². The molecule has 1 unspecified atom stereocenters. The second-order valence-corrected chi connectivity index (χ2v) is 8.20. The minimum atomic E-state index is -4.74. The number of hydrogen-bond acceptors (Lipinski definition) is 7. The van der Waals surface area contributed by atoms with Gasteiger partial charge in [0.1, 0.15) is 6.04 Å². The van der Waals surface area contributed by atoms with E-state index in [9.17, 15) is 18.0 Å². The van der Waals surface area contributed by atoms with Crippen molar-refractivity contribution in [3.63, 3.8) is 0 Å².